The van der Waals surface area contributed by atoms with Crippen LogP contribution in [-0.2, 0) is 27.5 Å². The molecule has 0 bridgehead atoms. The van der Waals surface area contributed by atoms with Crippen LogP contribution in [-0.4, -0.2) is 82.7 Å². The quantitative estimate of drug-likeness (QED) is 0.344. The van der Waals surface area contributed by atoms with E-state index in [9.17, 15) is 18.8 Å². The number of nitrogens with one attached hydrogen (secondary N) is 1. The van der Waals surface area contributed by atoms with Crippen molar-refractivity contribution >= 4 is 17.8 Å². The molecule has 2 aliphatic heterocycles. The number of benzene rings is 2. The number of piperazine rings is 1. The van der Waals surface area contributed by atoms with E-state index in [0.29, 0.717) is 18.5 Å². The first-order chi connectivity index (χ1) is 19.4. The Morgan fingerprint density at radius 2 is 1.93 bits per heavy atom. The van der Waals surface area contributed by atoms with Gasteiger partial charge in [-0.05, 0) is 29.7 Å². The second kappa shape index (κ2) is 13.9. The SMILES string of the molecule is C#CCN1CC(=O)N2C(CCCC)C(=O)N(CCOCc3cccc(F)c3)CC2N1C(=O)NCc1ccccc1. The highest BCUT2D eigenvalue weighted by Crippen LogP contribution is 2.28. The fourth-order valence-electron chi connectivity index (χ4n) is 5.16. The van der Waals surface area contributed by atoms with Crippen LogP contribution in [0.1, 0.15) is 37.3 Å². The van der Waals surface area contributed by atoms with Gasteiger partial charge < -0.3 is 19.9 Å². The molecule has 2 unspecified atom stereocenters. The fourth-order valence-corrected chi connectivity index (χ4v) is 5.16. The second-order valence-corrected chi connectivity index (χ2v) is 9.92. The zero-order valence-corrected chi connectivity index (χ0v) is 22.8. The lowest BCUT2D eigenvalue weighted by Crippen LogP contribution is -2.76. The summed E-state index contributed by atoms with van der Waals surface area (Å²) in [7, 11) is 0. The van der Waals surface area contributed by atoms with E-state index in [-0.39, 0.29) is 57.0 Å². The standard InChI is InChI=1S/C30H36FN5O4/c1-3-5-14-26-29(38)33(16-17-40-22-24-12-9-13-25(31)18-24)20-27-35(26)28(37)21-34(15-4-2)36(27)30(39)32-19-23-10-7-6-8-11-23/h2,6-13,18,26-27H,3,5,14-17,19-22H2,1H3,(H,32,39). The van der Waals surface area contributed by atoms with Gasteiger partial charge in [0.15, 0.2) is 0 Å². The molecule has 2 aromatic rings. The average Bonchev–Trinajstić information content (AvgIpc) is 2.95. The Balaban J connectivity index is 1.52. The van der Waals surface area contributed by atoms with Crippen LogP contribution in [0.15, 0.2) is 54.6 Å². The third-order valence-corrected chi connectivity index (χ3v) is 7.09. The summed E-state index contributed by atoms with van der Waals surface area (Å²) in [5, 5.41) is 6.00. The molecule has 0 aromatic heterocycles. The summed E-state index contributed by atoms with van der Waals surface area (Å²) in [5.41, 5.74) is 1.63. The van der Waals surface area contributed by atoms with Crippen LogP contribution in [0, 0.1) is 18.2 Å². The summed E-state index contributed by atoms with van der Waals surface area (Å²) < 4.78 is 19.2. The maximum atomic E-state index is 13.6. The van der Waals surface area contributed by atoms with Crippen molar-refractivity contribution in [2.75, 3.05) is 32.8 Å². The number of rotatable bonds is 11. The Hall–Kier alpha value is -3.94. The lowest BCUT2D eigenvalue weighted by molar-refractivity contribution is -0.189. The summed E-state index contributed by atoms with van der Waals surface area (Å²) in [6.07, 6.45) is 6.99. The van der Waals surface area contributed by atoms with E-state index in [2.05, 4.69) is 11.2 Å². The molecule has 2 atom stereocenters. The first-order valence-corrected chi connectivity index (χ1v) is 13.6. The van der Waals surface area contributed by atoms with Gasteiger partial charge in [0.25, 0.3) is 0 Å². The van der Waals surface area contributed by atoms with Crippen LogP contribution in [0.4, 0.5) is 9.18 Å². The van der Waals surface area contributed by atoms with Gasteiger partial charge in [-0.2, -0.15) is 5.01 Å². The van der Waals surface area contributed by atoms with Gasteiger partial charge in [-0.1, -0.05) is 68.2 Å². The van der Waals surface area contributed by atoms with Crippen molar-refractivity contribution in [1.29, 1.82) is 0 Å². The minimum absolute atomic E-state index is 0.0686. The van der Waals surface area contributed by atoms with Crippen LogP contribution in [0.2, 0.25) is 0 Å². The molecule has 2 heterocycles. The first-order valence-electron chi connectivity index (χ1n) is 13.6. The highest BCUT2D eigenvalue weighted by molar-refractivity contribution is 5.91. The molecule has 2 aromatic carbocycles. The number of fused-ring (bicyclic) bond motifs is 1. The fraction of sp³-hybridized carbons (Fsp3) is 0.433. The first kappa shape index (κ1) is 29.1. The number of hydrazine groups is 1. The van der Waals surface area contributed by atoms with E-state index < -0.39 is 18.2 Å². The minimum Gasteiger partial charge on any atom is -0.375 e. The van der Waals surface area contributed by atoms with Crippen molar-refractivity contribution in [2.24, 2.45) is 0 Å². The molecule has 2 aliphatic rings. The predicted octanol–water partition coefficient (Wildman–Crippen LogP) is 2.97. The van der Waals surface area contributed by atoms with E-state index in [4.69, 9.17) is 11.2 Å². The van der Waals surface area contributed by atoms with Crippen LogP contribution in [0.3, 0.4) is 0 Å². The van der Waals surface area contributed by atoms with E-state index >= 15 is 0 Å². The van der Waals surface area contributed by atoms with Gasteiger partial charge in [0.05, 0.1) is 32.8 Å². The predicted molar refractivity (Wildman–Crippen MR) is 148 cm³/mol. The molecule has 2 saturated heterocycles. The summed E-state index contributed by atoms with van der Waals surface area (Å²) in [5.74, 6) is 1.81. The van der Waals surface area contributed by atoms with Crippen molar-refractivity contribution < 1.29 is 23.5 Å². The highest BCUT2D eigenvalue weighted by atomic mass is 19.1. The molecular weight excluding hydrogens is 513 g/mol. The van der Waals surface area contributed by atoms with Crippen molar-refractivity contribution in [3.8, 4) is 12.3 Å². The lowest BCUT2D eigenvalue weighted by Gasteiger charge is -2.55. The number of halogens is 1. The average molecular weight is 550 g/mol. The summed E-state index contributed by atoms with van der Waals surface area (Å²) in [6.45, 7) is 3.12. The number of urea groups is 1. The van der Waals surface area contributed by atoms with E-state index in [1.165, 1.54) is 17.1 Å². The second-order valence-electron chi connectivity index (χ2n) is 9.92. The summed E-state index contributed by atoms with van der Waals surface area (Å²) in [4.78, 5) is 43.8. The number of terminal acetylenes is 1. The number of hydrogen-bond acceptors (Lipinski definition) is 5. The largest absolute Gasteiger partial charge is 0.375 e. The van der Waals surface area contributed by atoms with Crippen molar-refractivity contribution in [2.45, 2.75) is 51.5 Å². The molecule has 0 aliphatic carbocycles. The molecule has 40 heavy (non-hydrogen) atoms. The Morgan fingerprint density at radius 3 is 2.65 bits per heavy atom. The Morgan fingerprint density at radius 1 is 1.15 bits per heavy atom. The molecule has 0 spiro atoms. The molecule has 9 nitrogen and oxygen atoms in total. The van der Waals surface area contributed by atoms with Crippen LogP contribution in [0.5, 0.6) is 0 Å². The number of nitrogens with zero attached hydrogens (tertiary/aromatic N) is 4. The monoisotopic (exact) mass is 549 g/mol. The van der Waals surface area contributed by atoms with Gasteiger partial charge in [0.1, 0.15) is 18.0 Å². The number of ether oxygens (including phenoxy) is 1. The van der Waals surface area contributed by atoms with Crippen molar-refractivity contribution in [3.05, 3.63) is 71.5 Å². The summed E-state index contributed by atoms with van der Waals surface area (Å²) in [6, 6.07) is 14.6. The minimum atomic E-state index is -0.715. The Bertz CT molecular complexity index is 1220. The normalized spacial score (nSPS) is 19.4. The van der Waals surface area contributed by atoms with Gasteiger partial charge in [-0.15, -0.1) is 6.42 Å². The zero-order valence-electron chi connectivity index (χ0n) is 22.8. The molecule has 0 saturated carbocycles. The smallest absolute Gasteiger partial charge is 0.334 e. The maximum absolute atomic E-state index is 13.6. The van der Waals surface area contributed by atoms with E-state index in [1.54, 1.807) is 26.9 Å². The van der Waals surface area contributed by atoms with Crippen molar-refractivity contribution in [3.63, 3.8) is 0 Å². The number of carbonyl (C=O) groups is 3. The number of carbonyl (C=O) groups excluding carboxylic acids is 3. The summed E-state index contributed by atoms with van der Waals surface area (Å²) >= 11 is 0. The van der Waals surface area contributed by atoms with Crippen LogP contribution in [0.25, 0.3) is 0 Å². The Kier molecular flexibility index (Phi) is 10.1. The molecule has 4 rings (SSSR count). The third-order valence-electron chi connectivity index (χ3n) is 7.09. The van der Waals surface area contributed by atoms with Gasteiger partial charge in [0, 0.05) is 13.1 Å². The third kappa shape index (κ3) is 6.97. The molecule has 0 radical (unpaired) electrons. The Labute approximate surface area is 234 Å². The van der Waals surface area contributed by atoms with Crippen molar-refractivity contribution in [1.82, 2.24) is 25.1 Å². The number of amides is 4. The lowest BCUT2D eigenvalue weighted by atomic mass is 10.0. The molecule has 1 N–H and O–H groups in total. The van der Waals surface area contributed by atoms with Gasteiger partial charge in [0.2, 0.25) is 11.8 Å². The number of hydrogen-bond donors (Lipinski definition) is 1. The molecule has 2 fully saturated rings. The molecule has 212 valence electrons. The van der Waals surface area contributed by atoms with E-state index in [1.807, 2.05) is 37.3 Å². The molecule has 10 heteroatoms. The van der Waals surface area contributed by atoms with E-state index in [0.717, 1.165) is 18.4 Å². The van der Waals surface area contributed by atoms with Crippen LogP contribution >= 0.6 is 0 Å². The van der Waals surface area contributed by atoms with Gasteiger partial charge >= 0.3 is 6.03 Å². The number of unbranched alkanes of at least 4 members (excludes halogenated alkanes) is 1. The molecule has 4 amide bonds. The topological polar surface area (TPSA) is 85.4 Å². The zero-order chi connectivity index (χ0) is 28.5. The maximum Gasteiger partial charge on any atom is 0.334 e. The van der Waals surface area contributed by atoms with Gasteiger partial charge in [-0.25, -0.2) is 14.2 Å². The van der Waals surface area contributed by atoms with Crippen LogP contribution < -0.4 is 5.32 Å². The highest BCUT2D eigenvalue weighted by Gasteiger charge is 2.50. The molecular formula is C30H36FN5O4. The van der Waals surface area contributed by atoms with Gasteiger partial charge in [-0.3, -0.25) is 9.59 Å².